The fourth-order valence-electron chi connectivity index (χ4n) is 1.68. The van der Waals surface area contributed by atoms with Crippen molar-refractivity contribution >= 4 is 5.97 Å². The number of carbonyl (C=O) groups excluding carboxylic acids is 1. The molecule has 1 aromatic rings. The summed E-state index contributed by atoms with van der Waals surface area (Å²) in [5.74, 6) is -0.236. The molecule has 4 heteroatoms. The molecule has 0 aromatic heterocycles. The molecule has 0 fully saturated rings. The van der Waals surface area contributed by atoms with Crippen LogP contribution in [0.1, 0.15) is 18.1 Å². The van der Waals surface area contributed by atoms with E-state index in [1.54, 1.807) is 0 Å². The van der Waals surface area contributed by atoms with Gasteiger partial charge in [-0.1, -0.05) is 24.3 Å². The van der Waals surface area contributed by atoms with Crippen molar-refractivity contribution in [2.75, 3.05) is 20.8 Å². The SMILES string of the molecule is COC(=O)Cc1ccccc1CN(C)C(C)CO. The minimum Gasteiger partial charge on any atom is -0.469 e. The van der Waals surface area contributed by atoms with Gasteiger partial charge in [-0.05, 0) is 25.1 Å². The van der Waals surface area contributed by atoms with E-state index in [1.165, 1.54) is 7.11 Å². The van der Waals surface area contributed by atoms with Crippen LogP contribution in [0.15, 0.2) is 24.3 Å². The van der Waals surface area contributed by atoms with E-state index in [0.29, 0.717) is 6.54 Å². The van der Waals surface area contributed by atoms with Gasteiger partial charge in [0.25, 0.3) is 0 Å². The van der Waals surface area contributed by atoms with Gasteiger partial charge in [-0.3, -0.25) is 9.69 Å². The van der Waals surface area contributed by atoms with E-state index in [1.807, 2.05) is 38.2 Å². The molecule has 4 nitrogen and oxygen atoms in total. The fraction of sp³-hybridized carbons (Fsp3) is 0.500. The molecule has 0 radical (unpaired) electrons. The van der Waals surface area contributed by atoms with E-state index < -0.39 is 0 Å². The minimum absolute atomic E-state index is 0.0937. The van der Waals surface area contributed by atoms with Crippen molar-refractivity contribution in [3.05, 3.63) is 35.4 Å². The van der Waals surface area contributed by atoms with Crippen LogP contribution in [0.5, 0.6) is 0 Å². The first kappa shape index (κ1) is 14.7. The van der Waals surface area contributed by atoms with Gasteiger partial charge < -0.3 is 9.84 Å². The van der Waals surface area contributed by atoms with E-state index in [4.69, 9.17) is 9.84 Å². The Hall–Kier alpha value is -1.39. The number of hydrogen-bond donors (Lipinski definition) is 1. The van der Waals surface area contributed by atoms with Crippen molar-refractivity contribution < 1.29 is 14.6 Å². The monoisotopic (exact) mass is 251 g/mol. The van der Waals surface area contributed by atoms with Crippen LogP contribution in [0, 0.1) is 0 Å². The number of nitrogens with zero attached hydrogens (tertiary/aromatic N) is 1. The highest BCUT2D eigenvalue weighted by molar-refractivity contribution is 5.72. The van der Waals surface area contributed by atoms with E-state index in [2.05, 4.69) is 4.90 Å². The molecule has 1 N–H and O–H groups in total. The van der Waals surface area contributed by atoms with Gasteiger partial charge in [-0.25, -0.2) is 0 Å². The van der Waals surface area contributed by atoms with Gasteiger partial charge in [0.05, 0.1) is 20.1 Å². The molecule has 0 spiro atoms. The Morgan fingerprint density at radius 2 is 2.00 bits per heavy atom. The molecule has 0 saturated heterocycles. The lowest BCUT2D eigenvalue weighted by Gasteiger charge is -2.23. The smallest absolute Gasteiger partial charge is 0.309 e. The lowest BCUT2D eigenvalue weighted by molar-refractivity contribution is -0.139. The van der Waals surface area contributed by atoms with Crippen LogP contribution in [0.2, 0.25) is 0 Å². The minimum atomic E-state index is -0.236. The zero-order valence-electron chi connectivity index (χ0n) is 11.2. The van der Waals surface area contributed by atoms with Crippen molar-refractivity contribution in [2.45, 2.75) is 25.9 Å². The summed E-state index contributed by atoms with van der Waals surface area (Å²) in [6, 6.07) is 7.89. The number of rotatable bonds is 6. The molecule has 1 unspecified atom stereocenters. The molecule has 0 aliphatic rings. The van der Waals surface area contributed by atoms with Gasteiger partial charge in [-0.2, -0.15) is 0 Å². The number of likely N-dealkylation sites (N-methyl/N-ethyl adjacent to an activating group) is 1. The Morgan fingerprint density at radius 3 is 2.56 bits per heavy atom. The lowest BCUT2D eigenvalue weighted by atomic mass is 10.0. The van der Waals surface area contributed by atoms with Crippen molar-refractivity contribution in [3.8, 4) is 0 Å². The van der Waals surface area contributed by atoms with Crippen LogP contribution in [0.4, 0.5) is 0 Å². The predicted octanol–water partition coefficient (Wildman–Crippen LogP) is 1.21. The lowest BCUT2D eigenvalue weighted by Crippen LogP contribution is -2.31. The Bertz CT molecular complexity index is 392. The summed E-state index contributed by atoms with van der Waals surface area (Å²) in [6.07, 6.45) is 0.286. The third kappa shape index (κ3) is 4.13. The molecule has 0 saturated carbocycles. The summed E-state index contributed by atoms with van der Waals surface area (Å²) >= 11 is 0. The zero-order chi connectivity index (χ0) is 13.5. The van der Waals surface area contributed by atoms with Gasteiger partial charge in [0.2, 0.25) is 0 Å². The number of carbonyl (C=O) groups is 1. The molecular formula is C14H21NO3. The Morgan fingerprint density at radius 1 is 1.39 bits per heavy atom. The summed E-state index contributed by atoms with van der Waals surface area (Å²) in [7, 11) is 3.35. The first-order valence-electron chi connectivity index (χ1n) is 6.03. The molecule has 0 bridgehead atoms. The number of methoxy groups -OCH3 is 1. The largest absolute Gasteiger partial charge is 0.469 e. The molecule has 18 heavy (non-hydrogen) atoms. The molecule has 1 rings (SSSR count). The highest BCUT2D eigenvalue weighted by Gasteiger charge is 2.12. The van der Waals surface area contributed by atoms with E-state index in [0.717, 1.165) is 11.1 Å². The van der Waals surface area contributed by atoms with Crippen LogP contribution in [0.3, 0.4) is 0 Å². The maximum absolute atomic E-state index is 11.3. The molecular weight excluding hydrogens is 230 g/mol. The standard InChI is InChI=1S/C14H21NO3/c1-11(10-16)15(2)9-13-7-5-4-6-12(13)8-14(17)18-3/h4-7,11,16H,8-10H2,1-3H3. The summed E-state index contributed by atoms with van der Waals surface area (Å²) in [5, 5.41) is 9.12. The first-order valence-corrected chi connectivity index (χ1v) is 6.03. The van der Waals surface area contributed by atoms with Crippen molar-refractivity contribution in [2.24, 2.45) is 0 Å². The highest BCUT2D eigenvalue weighted by Crippen LogP contribution is 2.13. The van der Waals surface area contributed by atoms with Crippen LogP contribution in [-0.2, 0) is 22.5 Å². The normalized spacial score (nSPS) is 12.5. The Labute approximate surface area is 108 Å². The van der Waals surface area contributed by atoms with Crippen LogP contribution in [-0.4, -0.2) is 42.8 Å². The van der Waals surface area contributed by atoms with E-state index in [9.17, 15) is 4.79 Å². The Kier molecular flexibility index (Phi) is 5.82. The second-order valence-electron chi connectivity index (χ2n) is 4.47. The van der Waals surface area contributed by atoms with E-state index in [-0.39, 0.29) is 25.0 Å². The van der Waals surface area contributed by atoms with Gasteiger partial charge in [0.1, 0.15) is 0 Å². The number of hydrogen-bond acceptors (Lipinski definition) is 4. The average molecular weight is 251 g/mol. The molecule has 1 aromatic carbocycles. The molecule has 0 amide bonds. The molecule has 1 atom stereocenters. The topological polar surface area (TPSA) is 49.8 Å². The van der Waals surface area contributed by atoms with Gasteiger partial charge in [-0.15, -0.1) is 0 Å². The molecule has 0 heterocycles. The van der Waals surface area contributed by atoms with Gasteiger partial charge in [0, 0.05) is 12.6 Å². The number of aliphatic hydroxyl groups excluding tert-OH is 1. The summed E-state index contributed by atoms with van der Waals surface area (Å²) in [5.41, 5.74) is 2.06. The third-order valence-corrected chi connectivity index (χ3v) is 3.12. The number of esters is 1. The fourth-order valence-corrected chi connectivity index (χ4v) is 1.68. The number of aliphatic hydroxyl groups is 1. The van der Waals surface area contributed by atoms with E-state index >= 15 is 0 Å². The zero-order valence-corrected chi connectivity index (χ0v) is 11.2. The quantitative estimate of drug-likeness (QED) is 0.772. The molecule has 100 valence electrons. The Balaban J connectivity index is 2.78. The second kappa shape index (κ2) is 7.13. The van der Waals surface area contributed by atoms with Crippen molar-refractivity contribution in [1.82, 2.24) is 4.90 Å². The number of benzene rings is 1. The van der Waals surface area contributed by atoms with Gasteiger partial charge >= 0.3 is 5.97 Å². The van der Waals surface area contributed by atoms with Crippen LogP contribution in [0.25, 0.3) is 0 Å². The summed E-state index contributed by atoms with van der Waals surface area (Å²) in [6.45, 7) is 2.79. The highest BCUT2D eigenvalue weighted by atomic mass is 16.5. The first-order chi connectivity index (χ1) is 8.58. The molecule has 0 aliphatic heterocycles. The van der Waals surface area contributed by atoms with Crippen molar-refractivity contribution in [3.63, 3.8) is 0 Å². The van der Waals surface area contributed by atoms with Crippen LogP contribution < -0.4 is 0 Å². The van der Waals surface area contributed by atoms with Gasteiger partial charge in [0.15, 0.2) is 0 Å². The maximum Gasteiger partial charge on any atom is 0.309 e. The summed E-state index contributed by atoms with van der Waals surface area (Å²) in [4.78, 5) is 13.4. The summed E-state index contributed by atoms with van der Waals surface area (Å²) < 4.78 is 4.69. The average Bonchev–Trinajstić information content (AvgIpc) is 2.39. The maximum atomic E-state index is 11.3. The molecule has 0 aliphatic carbocycles. The third-order valence-electron chi connectivity index (χ3n) is 3.12. The van der Waals surface area contributed by atoms with Crippen LogP contribution >= 0.6 is 0 Å². The predicted molar refractivity (Wildman–Crippen MR) is 70.2 cm³/mol. The number of ether oxygens (including phenoxy) is 1. The van der Waals surface area contributed by atoms with Crippen molar-refractivity contribution in [1.29, 1.82) is 0 Å². The second-order valence-corrected chi connectivity index (χ2v) is 4.47.